The second kappa shape index (κ2) is 5.50. The molecule has 2 fully saturated rings. The van der Waals surface area contributed by atoms with E-state index in [-0.39, 0.29) is 17.9 Å². The number of anilines is 1. The molecule has 3 heterocycles. The van der Waals surface area contributed by atoms with Crippen molar-refractivity contribution in [3.63, 3.8) is 0 Å². The van der Waals surface area contributed by atoms with Crippen LogP contribution in [-0.4, -0.2) is 60.6 Å². The standard InChI is InChI=1S/C16H27BN4O/c1-15(2)12-17(22-16(15,3)4)13-10-18-14(19-11-13)21-8-6-20(5)7-9-21/h10-11H,6-9,12H2,1-5H3. The monoisotopic (exact) mass is 302 g/mol. The lowest BCUT2D eigenvalue weighted by molar-refractivity contribution is 0.0375. The normalized spacial score (nSPS) is 24.8. The van der Waals surface area contributed by atoms with Crippen molar-refractivity contribution in [2.75, 3.05) is 38.1 Å². The van der Waals surface area contributed by atoms with Crippen LogP contribution in [0.25, 0.3) is 0 Å². The Bertz CT molecular complexity index is 507. The van der Waals surface area contributed by atoms with E-state index in [1.807, 2.05) is 12.4 Å². The van der Waals surface area contributed by atoms with Crippen LogP contribution in [0, 0.1) is 5.41 Å². The Morgan fingerprint density at radius 3 is 2.14 bits per heavy atom. The summed E-state index contributed by atoms with van der Waals surface area (Å²) in [7, 11) is 2.15. The van der Waals surface area contributed by atoms with Crippen LogP contribution < -0.4 is 10.4 Å². The van der Waals surface area contributed by atoms with Crippen LogP contribution in [0.2, 0.25) is 6.32 Å². The molecule has 22 heavy (non-hydrogen) atoms. The number of rotatable bonds is 2. The van der Waals surface area contributed by atoms with Crippen molar-refractivity contribution in [2.24, 2.45) is 5.41 Å². The molecule has 0 N–H and O–H groups in total. The average molecular weight is 302 g/mol. The Labute approximate surface area is 134 Å². The van der Waals surface area contributed by atoms with E-state index in [1.165, 1.54) is 0 Å². The molecule has 2 saturated heterocycles. The quantitative estimate of drug-likeness (QED) is 0.770. The van der Waals surface area contributed by atoms with Gasteiger partial charge in [0.15, 0.2) is 0 Å². The van der Waals surface area contributed by atoms with Crippen LogP contribution in [0.4, 0.5) is 5.95 Å². The van der Waals surface area contributed by atoms with Gasteiger partial charge in [-0.15, -0.1) is 0 Å². The first-order chi connectivity index (χ1) is 10.3. The minimum atomic E-state index is -0.117. The van der Waals surface area contributed by atoms with Crippen LogP contribution in [-0.2, 0) is 4.65 Å². The van der Waals surface area contributed by atoms with Gasteiger partial charge in [0, 0.05) is 38.6 Å². The molecule has 0 aromatic carbocycles. The van der Waals surface area contributed by atoms with E-state index in [2.05, 4.69) is 54.5 Å². The van der Waals surface area contributed by atoms with Gasteiger partial charge < -0.3 is 14.5 Å². The van der Waals surface area contributed by atoms with Crippen LogP contribution in [0.15, 0.2) is 12.4 Å². The molecule has 0 amide bonds. The molecule has 2 aliphatic heterocycles. The Morgan fingerprint density at radius 2 is 1.64 bits per heavy atom. The summed E-state index contributed by atoms with van der Waals surface area (Å²) < 4.78 is 6.25. The van der Waals surface area contributed by atoms with Crippen molar-refractivity contribution < 1.29 is 4.65 Å². The first kappa shape index (κ1) is 15.7. The first-order valence-corrected chi connectivity index (χ1v) is 8.22. The fourth-order valence-electron chi connectivity index (χ4n) is 3.12. The Hall–Kier alpha value is -1.14. The van der Waals surface area contributed by atoms with Crippen molar-refractivity contribution in [3.8, 4) is 0 Å². The number of likely N-dealkylation sites (N-methyl/N-ethyl adjacent to an activating group) is 1. The van der Waals surface area contributed by atoms with Crippen molar-refractivity contribution in [1.29, 1.82) is 0 Å². The molecule has 0 unspecified atom stereocenters. The van der Waals surface area contributed by atoms with Crippen LogP contribution >= 0.6 is 0 Å². The van der Waals surface area contributed by atoms with Gasteiger partial charge in [-0.2, -0.15) is 0 Å². The van der Waals surface area contributed by atoms with Crippen molar-refractivity contribution in [2.45, 2.75) is 39.6 Å². The van der Waals surface area contributed by atoms with Crippen LogP contribution in [0.3, 0.4) is 0 Å². The second-order valence-electron chi connectivity index (χ2n) is 7.81. The zero-order valence-corrected chi connectivity index (χ0v) is 14.5. The highest BCUT2D eigenvalue weighted by Gasteiger charge is 2.50. The van der Waals surface area contributed by atoms with Gasteiger partial charge in [0.2, 0.25) is 5.95 Å². The Balaban J connectivity index is 1.70. The van der Waals surface area contributed by atoms with E-state index in [9.17, 15) is 0 Å². The molecule has 0 bridgehead atoms. The third-order valence-corrected chi connectivity index (χ3v) is 5.58. The summed E-state index contributed by atoms with van der Waals surface area (Å²) in [5.74, 6) is 0.841. The van der Waals surface area contributed by atoms with E-state index in [4.69, 9.17) is 4.65 Å². The summed E-state index contributed by atoms with van der Waals surface area (Å²) in [5, 5.41) is 0. The minimum Gasteiger partial charge on any atom is -0.425 e. The number of hydrogen-bond acceptors (Lipinski definition) is 5. The van der Waals surface area contributed by atoms with Crippen LogP contribution in [0.5, 0.6) is 0 Å². The molecular formula is C16H27BN4O. The molecule has 0 atom stereocenters. The molecule has 1 aromatic rings. The van der Waals surface area contributed by atoms with Gasteiger partial charge >= 0.3 is 6.92 Å². The van der Waals surface area contributed by atoms with Gasteiger partial charge in [-0.1, -0.05) is 13.8 Å². The third kappa shape index (κ3) is 2.86. The van der Waals surface area contributed by atoms with E-state index < -0.39 is 0 Å². The van der Waals surface area contributed by atoms with Gasteiger partial charge in [-0.25, -0.2) is 9.97 Å². The second-order valence-corrected chi connectivity index (χ2v) is 7.81. The molecule has 1 aromatic heterocycles. The first-order valence-electron chi connectivity index (χ1n) is 8.22. The summed E-state index contributed by atoms with van der Waals surface area (Å²) in [6.45, 7) is 13.1. The zero-order chi connectivity index (χ0) is 16.0. The lowest BCUT2D eigenvalue weighted by Crippen LogP contribution is -2.45. The summed E-state index contributed by atoms with van der Waals surface area (Å²) in [6, 6.07) is 0. The Kier molecular flexibility index (Phi) is 3.93. The average Bonchev–Trinajstić information content (AvgIpc) is 2.68. The van der Waals surface area contributed by atoms with Crippen LogP contribution in [0.1, 0.15) is 27.7 Å². The van der Waals surface area contributed by atoms with E-state index in [0.717, 1.165) is 43.9 Å². The maximum atomic E-state index is 6.25. The fourth-order valence-corrected chi connectivity index (χ4v) is 3.12. The van der Waals surface area contributed by atoms with Gasteiger partial charge in [0.05, 0.1) is 5.60 Å². The molecule has 120 valence electrons. The molecule has 6 heteroatoms. The summed E-state index contributed by atoms with van der Waals surface area (Å²) in [4.78, 5) is 13.8. The molecule has 0 saturated carbocycles. The van der Waals surface area contributed by atoms with Crippen molar-refractivity contribution >= 4 is 18.3 Å². The molecule has 3 rings (SSSR count). The highest BCUT2D eigenvalue weighted by molar-refractivity contribution is 6.68. The predicted octanol–water partition coefficient (Wildman–Crippen LogP) is 1.26. The highest BCUT2D eigenvalue weighted by Crippen LogP contribution is 2.44. The molecule has 0 radical (unpaired) electrons. The van der Waals surface area contributed by atoms with Crippen molar-refractivity contribution in [1.82, 2.24) is 14.9 Å². The smallest absolute Gasteiger partial charge is 0.331 e. The molecule has 0 spiro atoms. The predicted molar refractivity (Wildman–Crippen MR) is 90.9 cm³/mol. The third-order valence-electron chi connectivity index (χ3n) is 5.58. The molecular weight excluding hydrogens is 275 g/mol. The van der Waals surface area contributed by atoms with E-state index in [0.29, 0.717) is 0 Å². The highest BCUT2D eigenvalue weighted by atomic mass is 16.5. The number of piperazine rings is 1. The van der Waals surface area contributed by atoms with Gasteiger partial charge in [-0.05, 0) is 38.1 Å². The molecule has 0 aliphatic carbocycles. The maximum absolute atomic E-state index is 6.25. The number of nitrogens with zero attached hydrogens (tertiary/aromatic N) is 4. The van der Waals surface area contributed by atoms with E-state index in [1.54, 1.807) is 0 Å². The number of aromatic nitrogens is 2. The topological polar surface area (TPSA) is 41.5 Å². The number of hydrogen-bond donors (Lipinski definition) is 0. The van der Waals surface area contributed by atoms with Gasteiger partial charge in [0.1, 0.15) is 0 Å². The molecule has 2 aliphatic rings. The summed E-state index contributed by atoms with van der Waals surface area (Å²) >= 11 is 0. The largest absolute Gasteiger partial charge is 0.425 e. The SMILES string of the molecule is CN1CCN(c2ncc(B3CC(C)(C)C(C)(C)O3)cn2)CC1. The summed E-state index contributed by atoms with van der Waals surface area (Å²) in [6.07, 6.45) is 4.91. The summed E-state index contributed by atoms with van der Waals surface area (Å²) in [5.41, 5.74) is 1.14. The lowest BCUT2D eigenvalue weighted by atomic mass is 9.55. The van der Waals surface area contributed by atoms with Gasteiger partial charge in [0.25, 0.3) is 0 Å². The Morgan fingerprint density at radius 1 is 1.05 bits per heavy atom. The van der Waals surface area contributed by atoms with E-state index >= 15 is 0 Å². The fraction of sp³-hybridized carbons (Fsp3) is 0.750. The molecule has 5 nitrogen and oxygen atoms in total. The van der Waals surface area contributed by atoms with Gasteiger partial charge in [-0.3, -0.25) is 0 Å². The van der Waals surface area contributed by atoms with Crippen molar-refractivity contribution in [3.05, 3.63) is 12.4 Å². The lowest BCUT2D eigenvalue weighted by Gasteiger charge is -2.34. The maximum Gasteiger partial charge on any atom is 0.331 e. The zero-order valence-electron chi connectivity index (χ0n) is 14.5. The minimum absolute atomic E-state index is 0.103.